The van der Waals surface area contributed by atoms with Crippen LogP contribution in [0.4, 0.5) is 5.69 Å². The third-order valence-electron chi connectivity index (χ3n) is 3.01. The van der Waals surface area contributed by atoms with Crippen molar-refractivity contribution in [2.45, 2.75) is 0 Å². The van der Waals surface area contributed by atoms with E-state index in [0.717, 1.165) is 16.0 Å². The van der Waals surface area contributed by atoms with Crippen molar-refractivity contribution in [3.63, 3.8) is 0 Å². The summed E-state index contributed by atoms with van der Waals surface area (Å²) in [6, 6.07) is 22.6. The van der Waals surface area contributed by atoms with E-state index in [4.69, 9.17) is 15.2 Å². The molecule has 0 bridgehead atoms. The molecule has 0 aromatic heterocycles. The molecule has 3 nitrogen and oxygen atoms in total. The lowest BCUT2D eigenvalue weighted by molar-refractivity contribution is 0.460. The Morgan fingerprint density at radius 1 is 0.682 bits per heavy atom. The van der Waals surface area contributed by atoms with E-state index in [1.807, 2.05) is 60.7 Å². The van der Waals surface area contributed by atoms with Gasteiger partial charge in [0, 0.05) is 6.07 Å². The molecule has 0 atom stereocenters. The zero-order chi connectivity index (χ0) is 15.4. The number of ether oxygens (including phenoxy) is 2. The third-order valence-corrected chi connectivity index (χ3v) is 3.63. The van der Waals surface area contributed by atoms with Gasteiger partial charge in [-0.05, 0) is 46.3 Å². The van der Waals surface area contributed by atoms with E-state index in [0.29, 0.717) is 17.2 Å². The van der Waals surface area contributed by atoms with Crippen molar-refractivity contribution in [3.8, 4) is 23.0 Å². The summed E-state index contributed by atoms with van der Waals surface area (Å²) in [6.45, 7) is 0. The predicted molar refractivity (Wildman–Crippen MR) is 91.6 cm³/mol. The second kappa shape index (κ2) is 6.54. The topological polar surface area (TPSA) is 44.5 Å². The van der Waals surface area contributed by atoms with Gasteiger partial charge in [-0.3, -0.25) is 0 Å². The first-order valence-corrected chi connectivity index (χ1v) is 7.56. The SMILES string of the molecule is Nc1cc(Br)c(Oc2ccccc2)cc1Oc1ccccc1. The molecule has 3 rings (SSSR count). The van der Waals surface area contributed by atoms with E-state index in [-0.39, 0.29) is 0 Å². The standard InChI is InChI=1S/C18H14BrNO2/c19-15-11-16(20)18(22-14-9-5-2-6-10-14)12-17(15)21-13-7-3-1-4-8-13/h1-12H,20H2. The maximum Gasteiger partial charge on any atom is 0.154 e. The van der Waals surface area contributed by atoms with Crippen LogP contribution in [0.1, 0.15) is 0 Å². The van der Waals surface area contributed by atoms with Gasteiger partial charge in [0.1, 0.15) is 17.2 Å². The van der Waals surface area contributed by atoms with Gasteiger partial charge in [-0.15, -0.1) is 0 Å². The summed E-state index contributed by atoms with van der Waals surface area (Å²) in [5.41, 5.74) is 6.56. The van der Waals surface area contributed by atoms with Gasteiger partial charge >= 0.3 is 0 Å². The van der Waals surface area contributed by atoms with E-state index in [2.05, 4.69) is 15.9 Å². The van der Waals surface area contributed by atoms with Gasteiger partial charge < -0.3 is 15.2 Å². The van der Waals surface area contributed by atoms with E-state index in [1.54, 1.807) is 12.1 Å². The minimum Gasteiger partial charge on any atom is -0.456 e. The van der Waals surface area contributed by atoms with Crippen LogP contribution in [-0.4, -0.2) is 0 Å². The maximum atomic E-state index is 6.02. The highest BCUT2D eigenvalue weighted by molar-refractivity contribution is 9.10. The molecule has 0 saturated heterocycles. The molecule has 2 N–H and O–H groups in total. The van der Waals surface area contributed by atoms with Crippen LogP contribution in [0.15, 0.2) is 77.3 Å². The fourth-order valence-corrected chi connectivity index (χ4v) is 2.39. The zero-order valence-electron chi connectivity index (χ0n) is 11.7. The van der Waals surface area contributed by atoms with Crippen LogP contribution in [0.3, 0.4) is 0 Å². The predicted octanol–water partition coefficient (Wildman–Crippen LogP) is 5.62. The summed E-state index contributed by atoms with van der Waals surface area (Å²) in [5, 5.41) is 0. The fraction of sp³-hybridized carbons (Fsp3) is 0. The molecular weight excluding hydrogens is 342 g/mol. The van der Waals surface area contributed by atoms with Crippen molar-refractivity contribution in [3.05, 3.63) is 77.3 Å². The Labute approximate surface area is 137 Å². The van der Waals surface area contributed by atoms with Crippen molar-refractivity contribution in [2.75, 3.05) is 5.73 Å². The van der Waals surface area contributed by atoms with Crippen molar-refractivity contribution in [2.24, 2.45) is 0 Å². The number of para-hydroxylation sites is 2. The fourth-order valence-electron chi connectivity index (χ4n) is 1.95. The van der Waals surface area contributed by atoms with Gasteiger partial charge in [0.05, 0.1) is 10.2 Å². The quantitative estimate of drug-likeness (QED) is 0.618. The maximum absolute atomic E-state index is 6.02. The number of nitrogens with two attached hydrogens (primary N) is 1. The van der Waals surface area contributed by atoms with E-state index < -0.39 is 0 Å². The largest absolute Gasteiger partial charge is 0.456 e. The highest BCUT2D eigenvalue weighted by Crippen LogP contribution is 2.38. The van der Waals surface area contributed by atoms with Crippen LogP contribution in [0.5, 0.6) is 23.0 Å². The summed E-state index contributed by atoms with van der Waals surface area (Å²) in [5.74, 6) is 2.67. The number of halogens is 1. The van der Waals surface area contributed by atoms with Crippen molar-refractivity contribution in [1.82, 2.24) is 0 Å². The number of hydrogen-bond donors (Lipinski definition) is 1. The van der Waals surface area contributed by atoms with E-state index in [1.165, 1.54) is 0 Å². The van der Waals surface area contributed by atoms with Crippen LogP contribution in [0.25, 0.3) is 0 Å². The number of benzene rings is 3. The lowest BCUT2D eigenvalue weighted by atomic mass is 10.2. The van der Waals surface area contributed by atoms with Crippen LogP contribution in [-0.2, 0) is 0 Å². The number of hydrogen-bond acceptors (Lipinski definition) is 3. The smallest absolute Gasteiger partial charge is 0.154 e. The molecule has 0 aliphatic carbocycles. The van der Waals surface area contributed by atoms with Gasteiger partial charge in [0.15, 0.2) is 5.75 Å². The van der Waals surface area contributed by atoms with E-state index >= 15 is 0 Å². The van der Waals surface area contributed by atoms with E-state index in [9.17, 15) is 0 Å². The molecule has 3 aromatic rings. The molecule has 0 spiro atoms. The number of nitrogen functional groups attached to an aromatic ring is 1. The summed E-state index contributed by atoms with van der Waals surface area (Å²) in [4.78, 5) is 0. The molecule has 0 amide bonds. The molecule has 4 heteroatoms. The Bertz CT molecular complexity index is 698. The monoisotopic (exact) mass is 355 g/mol. The van der Waals surface area contributed by atoms with Gasteiger partial charge in [-0.1, -0.05) is 36.4 Å². The van der Waals surface area contributed by atoms with Crippen molar-refractivity contribution < 1.29 is 9.47 Å². The minimum atomic E-state index is 0.538. The van der Waals surface area contributed by atoms with Gasteiger partial charge in [0.25, 0.3) is 0 Å². The molecule has 0 heterocycles. The summed E-state index contributed by atoms with van der Waals surface area (Å²) in [7, 11) is 0. The van der Waals surface area contributed by atoms with Gasteiger partial charge in [-0.25, -0.2) is 0 Å². The molecule has 0 fully saturated rings. The highest BCUT2D eigenvalue weighted by Gasteiger charge is 2.10. The first kappa shape index (κ1) is 14.5. The average molecular weight is 356 g/mol. The lowest BCUT2D eigenvalue weighted by Gasteiger charge is -2.13. The number of anilines is 1. The van der Waals surface area contributed by atoms with Crippen LogP contribution in [0, 0.1) is 0 Å². The summed E-state index contributed by atoms with van der Waals surface area (Å²) < 4.78 is 12.4. The molecule has 0 radical (unpaired) electrons. The Hall–Kier alpha value is -2.46. The Balaban J connectivity index is 1.90. The molecule has 0 saturated carbocycles. The third kappa shape index (κ3) is 3.40. The summed E-state index contributed by atoms with van der Waals surface area (Å²) >= 11 is 3.46. The second-order valence-corrected chi connectivity index (χ2v) is 5.51. The second-order valence-electron chi connectivity index (χ2n) is 4.65. The average Bonchev–Trinajstić information content (AvgIpc) is 2.54. The lowest BCUT2D eigenvalue weighted by Crippen LogP contribution is -1.94. The van der Waals surface area contributed by atoms with Crippen molar-refractivity contribution in [1.29, 1.82) is 0 Å². The highest BCUT2D eigenvalue weighted by atomic mass is 79.9. The molecule has 0 unspecified atom stereocenters. The molecule has 0 aliphatic heterocycles. The normalized spacial score (nSPS) is 10.2. The molecule has 3 aromatic carbocycles. The number of rotatable bonds is 4. The first-order valence-electron chi connectivity index (χ1n) is 6.77. The Morgan fingerprint density at radius 2 is 1.18 bits per heavy atom. The van der Waals surface area contributed by atoms with Gasteiger partial charge in [-0.2, -0.15) is 0 Å². The Morgan fingerprint density at radius 3 is 1.73 bits per heavy atom. The first-order chi connectivity index (χ1) is 10.7. The minimum absolute atomic E-state index is 0.538. The van der Waals surface area contributed by atoms with Crippen LogP contribution < -0.4 is 15.2 Å². The molecule has 22 heavy (non-hydrogen) atoms. The van der Waals surface area contributed by atoms with Crippen molar-refractivity contribution >= 4 is 21.6 Å². The molecule has 0 aliphatic rings. The molecule has 110 valence electrons. The van der Waals surface area contributed by atoms with Crippen LogP contribution >= 0.6 is 15.9 Å². The zero-order valence-corrected chi connectivity index (χ0v) is 13.3. The van der Waals surface area contributed by atoms with Gasteiger partial charge in [0.2, 0.25) is 0 Å². The summed E-state index contributed by atoms with van der Waals surface area (Å²) in [6.07, 6.45) is 0. The van der Waals surface area contributed by atoms with Crippen LogP contribution in [0.2, 0.25) is 0 Å². The Kier molecular flexibility index (Phi) is 4.30. The molecular formula is C18H14BrNO2.